The van der Waals surface area contributed by atoms with E-state index in [2.05, 4.69) is 16.0 Å². The minimum Gasteiger partial charge on any atom is -0.495 e. The van der Waals surface area contributed by atoms with Gasteiger partial charge in [0.1, 0.15) is 5.75 Å². The van der Waals surface area contributed by atoms with Crippen molar-refractivity contribution in [3.05, 3.63) is 53.6 Å². The van der Waals surface area contributed by atoms with Crippen molar-refractivity contribution in [1.29, 1.82) is 0 Å². The van der Waals surface area contributed by atoms with Crippen molar-refractivity contribution in [1.82, 2.24) is 15.1 Å². The van der Waals surface area contributed by atoms with Gasteiger partial charge in [-0.05, 0) is 70.9 Å². The molecule has 0 heterocycles. The Hall–Kier alpha value is -4.28. The Labute approximate surface area is 242 Å². The number of nitrogens with zero attached hydrogens (tertiary/aromatic N) is 2. The second-order valence-electron chi connectivity index (χ2n) is 10.5. The molecule has 0 aliphatic rings. The lowest BCUT2D eigenvalue weighted by molar-refractivity contribution is -0.137. The number of hydrogen-bond acceptors (Lipinski definition) is 5. The quantitative estimate of drug-likeness (QED) is 0.275. The largest absolute Gasteiger partial charge is 0.495 e. The molecule has 1 unspecified atom stereocenters. The van der Waals surface area contributed by atoms with Gasteiger partial charge in [0.15, 0.2) is 0 Å². The monoisotopic (exact) mass is 569 g/mol. The lowest BCUT2D eigenvalue weighted by Crippen LogP contribution is -2.51. The third-order valence-corrected chi connectivity index (χ3v) is 6.52. The fourth-order valence-electron chi connectivity index (χ4n) is 4.30. The van der Waals surface area contributed by atoms with Gasteiger partial charge in [0, 0.05) is 36.9 Å². The highest BCUT2D eigenvalue weighted by Crippen LogP contribution is 2.27. The van der Waals surface area contributed by atoms with E-state index in [4.69, 9.17) is 9.84 Å². The van der Waals surface area contributed by atoms with Crippen LogP contribution < -0.4 is 20.7 Å². The summed E-state index contributed by atoms with van der Waals surface area (Å²) in [6.07, 6.45) is -0.0723. The van der Waals surface area contributed by atoms with Crippen LogP contribution in [0.5, 0.6) is 5.75 Å². The number of aryl methyl sites for hydroxylation is 1. The number of carboxylic acid groups (broad SMARTS) is 1. The van der Waals surface area contributed by atoms with E-state index < -0.39 is 18.0 Å². The fraction of sp³-hybridized carbons (Fsp3) is 0.467. The summed E-state index contributed by atoms with van der Waals surface area (Å²) in [5, 5.41) is 17.3. The zero-order valence-corrected chi connectivity index (χ0v) is 25.0. The molecule has 0 aliphatic carbocycles. The van der Waals surface area contributed by atoms with E-state index >= 15 is 0 Å². The number of para-hydroxylation sites is 1. The molecular formula is C30H43N5O6. The van der Waals surface area contributed by atoms with Crippen LogP contribution >= 0.6 is 0 Å². The molecule has 2 rings (SSSR count). The molecule has 5 amide bonds. The van der Waals surface area contributed by atoms with Crippen LogP contribution in [0.3, 0.4) is 0 Å². The lowest BCUT2D eigenvalue weighted by Gasteiger charge is -2.33. The van der Waals surface area contributed by atoms with Crippen molar-refractivity contribution in [3.63, 3.8) is 0 Å². The number of nitrogens with one attached hydrogen (secondary N) is 3. The molecule has 2 aromatic rings. The summed E-state index contributed by atoms with van der Waals surface area (Å²) in [4.78, 5) is 52.9. The van der Waals surface area contributed by atoms with E-state index in [1.807, 2.05) is 58.9 Å². The molecule has 224 valence electrons. The zero-order valence-electron chi connectivity index (χ0n) is 25.0. The number of methoxy groups -OCH3 is 1. The van der Waals surface area contributed by atoms with Gasteiger partial charge >= 0.3 is 18.0 Å². The van der Waals surface area contributed by atoms with E-state index in [9.17, 15) is 19.2 Å². The van der Waals surface area contributed by atoms with E-state index in [0.717, 1.165) is 5.56 Å². The highest BCUT2D eigenvalue weighted by atomic mass is 16.5. The molecule has 1 atom stereocenters. The van der Waals surface area contributed by atoms with Gasteiger partial charge < -0.3 is 35.6 Å². The molecule has 11 nitrogen and oxygen atoms in total. The van der Waals surface area contributed by atoms with Crippen LogP contribution in [0, 0.1) is 6.92 Å². The predicted molar refractivity (Wildman–Crippen MR) is 159 cm³/mol. The number of carbonyl (C=O) groups excluding carboxylic acids is 3. The smallest absolute Gasteiger partial charge is 0.323 e. The number of hydrogen-bond donors (Lipinski definition) is 4. The Kier molecular flexibility index (Phi) is 12.4. The number of aliphatic carboxylic acids is 1. The first-order valence-corrected chi connectivity index (χ1v) is 13.7. The molecule has 0 fully saturated rings. The lowest BCUT2D eigenvalue weighted by atomic mass is 10.1. The average molecular weight is 570 g/mol. The zero-order chi connectivity index (χ0) is 30.7. The maximum absolute atomic E-state index is 13.3. The highest BCUT2D eigenvalue weighted by Gasteiger charge is 2.24. The van der Waals surface area contributed by atoms with Gasteiger partial charge in [0.05, 0.1) is 25.6 Å². The molecule has 0 aromatic heterocycles. The van der Waals surface area contributed by atoms with Gasteiger partial charge in [-0.15, -0.1) is 0 Å². The first kappa shape index (κ1) is 32.9. The topological polar surface area (TPSA) is 140 Å². The second kappa shape index (κ2) is 15.5. The second-order valence-corrected chi connectivity index (χ2v) is 10.5. The number of rotatable bonds is 13. The normalized spacial score (nSPS) is 11.5. The van der Waals surface area contributed by atoms with Gasteiger partial charge in [-0.1, -0.05) is 24.3 Å². The van der Waals surface area contributed by atoms with Crippen LogP contribution in [0.25, 0.3) is 0 Å². The van der Waals surface area contributed by atoms with Gasteiger partial charge in [-0.25, -0.2) is 9.59 Å². The van der Waals surface area contributed by atoms with Crippen LogP contribution in [0.4, 0.5) is 21.0 Å². The first-order chi connectivity index (χ1) is 19.3. The van der Waals surface area contributed by atoms with Crippen molar-refractivity contribution >= 4 is 35.3 Å². The van der Waals surface area contributed by atoms with Crippen molar-refractivity contribution in [2.75, 3.05) is 30.8 Å². The maximum Gasteiger partial charge on any atom is 0.323 e. The molecule has 2 aromatic carbocycles. The Morgan fingerprint density at radius 1 is 0.878 bits per heavy atom. The van der Waals surface area contributed by atoms with E-state index in [1.54, 1.807) is 34.9 Å². The summed E-state index contributed by atoms with van der Waals surface area (Å²) in [5.41, 5.74) is 2.81. The minimum atomic E-state index is -0.989. The molecule has 0 saturated heterocycles. The number of amides is 5. The highest BCUT2D eigenvalue weighted by molar-refractivity contribution is 6.01. The minimum absolute atomic E-state index is 0.105. The number of carboxylic acids is 1. The molecular weight excluding hydrogens is 526 g/mol. The number of carbonyl (C=O) groups is 4. The van der Waals surface area contributed by atoms with Crippen molar-refractivity contribution < 1.29 is 29.0 Å². The standard InChI is InChI=1S/C30H43N5O6/c1-19(2)34(14-15-35(20(3)4)30(40)31-22(6)16-28(37)38)27(36)18-23-12-13-25(26(17-23)41-7)33-29(39)32-24-11-9-8-10-21(24)5/h8-13,17,19-20,22H,14-16,18H2,1-7H3,(H,31,40)(H,37,38)(H2,32,33,39). The summed E-state index contributed by atoms with van der Waals surface area (Å²) in [6, 6.07) is 11.1. The molecule has 0 radical (unpaired) electrons. The number of urea groups is 2. The third-order valence-electron chi connectivity index (χ3n) is 6.52. The number of anilines is 2. The molecule has 41 heavy (non-hydrogen) atoms. The van der Waals surface area contributed by atoms with E-state index in [-0.39, 0.29) is 43.4 Å². The van der Waals surface area contributed by atoms with E-state index in [0.29, 0.717) is 29.2 Å². The Morgan fingerprint density at radius 3 is 2.07 bits per heavy atom. The molecule has 0 bridgehead atoms. The molecule has 0 aliphatic heterocycles. The van der Waals surface area contributed by atoms with Crippen LogP contribution in [-0.4, -0.2) is 77.2 Å². The third kappa shape index (κ3) is 10.3. The molecule has 0 spiro atoms. The van der Waals surface area contributed by atoms with Crippen molar-refractivity contribution in [2.24, 2.45) is 0 Å². The Bertz CT molecular complexity index is 1220. The fourth-order valence-corrected chi connectivity index (χ4v) is 4.30. The van der Waals surface area contributed by atoms with Crippen molar-refractivity contribution in [3.8, 4) is 5.75 Å². The summed E-state index contributed by atoms with van der Waals surface area (Å²) < 4.78 is 5.48. The van der Waals surface area contributed by atoms with Crippen LogP contribution in [-0.2, 0) is 16.0 Å². The van der Waals surface area contributed by atoms with Crippen molar-refractivity contribution in [2.45, 2.75) is 72.5 Å². The average Bonchev–Trinajstić information content (AvgIpc) is 2.87. The van der Waals surface area contributed by atoms with Crippen LogP contribution in [0.2, 0.25) is 0 Å². The summed E-state index contributed by atoms with van der Waals surface area (Å²) in [7, 11) is 1.49. The van der Waals surface area contributed by atoms with Gasteiger partial charge in [0.2, 0.25) is 5.91 Å². The Balaban J connectivity index is 2.06. The Morgan fingerprint density at radius 2 is 1.49 bits per heavy atom. The maximum atomic E-state index is 13.3. The summed E-state index contributed by atoms with van der Waals surface area (Å²) >= 11 is 0. The van der Waals surface area contributed by atoms with Gasteiger partial charge in [-0.2, -0.15) is 0 Å². The predicted octanol–water partition coefficient (Wildman–Crippen LogP) is 4.71. The SMILES string of the molecule is COc1cc(CC(=O)N(CCN(C(=O)NC(C)CC(=O)O)C(C)C)C(C)C)ccc1NC(=O)Nc1ccccc1C. The number of benzene rings is 2. The summed E-state index contributed by atoms with van der Waals surface area (Å²) in [6.45, 7) is 11.7. The van der Waals surface area contributed by atoms with E-state index in [1.165, 1.54) is 7.11 Å². The first-order valence-electron chi connectivity index (χ1n) is 13.7. The number of ether oxygens (including phenoxy) is 1. The molecule has 0 saturated carbocycles. The van der Waals surface area contributed by atoms with Crippen LogP contribution in [0.1, 0.15) is 52.2 Å². The molecule has 11 heteroatoms. The summed E-state index contributed by atoms with van der Waals surface area (Å²) in [5.74, 6) is -0.690. The van der Waals surface area contributed by atoms with Gasteiger partial charge in [0.25, 0.3) is 0 Å². The van der Waals surface area contributed by atoms with Crippen LogP contribution in [0.15, 0.2) is 42.5 Å². The molecule has 4 N–H and O–H groups in total. The van der Waals surface area contributed by atoms with Gasteiger partial charge in [-0.3, -0.25) is 9.59 Å².